The van der Waals surface area contributed by atoms with Crippen LogP contribution in [0.4, 0.5) is 11.4 Å². The van der Waals surface area contributed by atoms with Gasteiger partial charge in [-0.2, -0.15) is 0 Å². The number of likely N-dealkylation sites (N-methyl/N-ethyl adjacent to an activating group) is 1. The largest absolute Gasteiger partial charge is 0.491 e. The molecule has 1 aliphatic heterocycles. The van der Waals surface area contributed by atoms with Gasteiger partial charge in [-0.3, -0.25) is 9.80 Å². The van der Waals surface area contributed by atoms with E-state index in [2.05, 4.69) is 16.8 Å². The van der Waals surface area contributed by atoms with E-state index in [9.17, 15) is 0 Å². The van der Waals surface area contributed by atoms with Crippen molar-refractivity contribution < 1.29 is 4.74 Å². The summed E-state index contributed by atoms with van der Waals surface area (Å²) in [5.41, 5.74) is 12.8. The van der Waals surface area contributed by atoms with Crippen molar-refractivity contribution >= 4 is 11.4 Å². The maximum atomic E-state index is 5.81. The monoisotopic (exact) mass is 250 g/mol. The van der Waals surface area contributed by atoms with Gasteiger partial charge >= 0.3 is 0 Å². The standard InChI is InChI=1S/C13H22N4O/c1-16-6-7-17(10-16)5-2-8-18-13-9-11(14)3-4-12(13)15/h3-4,9H,2,5-8,10,14-15H2,1H3. The lowest BCUT2D eigenvalue weighted by molar-refractivity contribution is 0.239. The van der Waals surface area contributed by atoms with Crippen LogP contribution in [0.1, 0.15) is 6.42 Å². The van der Waals surface area contributed by atoms with Crippen molar-refractivity contribution in [3.63, 3.8) is 0 Å². The summed E-state index contributed by atoms with van der Waals surface area (Å²) in [4.78, 5) is 4.74. The zero-order valence-corrected chi connectivity index (χ0v) is 10.9. The van der Waals surface area contributed by atoms with Gasteiger partial charge in [0.2, 0.25) is 0 Å². The van der Waals surface area contributed by atoms with Crippen LogP contribution < -0.4 is 16.2 Å². The molecule has 0 aromatic heterocycles. The summed E-state index contributed by atoms with van der Waals surface area (Å²) in [5, 5.41) is 0. The zero-order valence-electron chi connectivity index (χ0n) is 10.9. The minimum absolute atomic E-state index is 0.644. The highest BCUT2D eigenvalue weighted by Gasteiger charge is 2.15. The fraction of sp³-hybridized carbons (Fsp3) is 0.538. The summed E-state index contributed by atoms with van der Waals surface area (Å²) in [6.07, 6.45) is 1.00. The Hall–Kier alpha value is -1.46. The predicted molar refractivity (Wildman–Crippen MR) is 74.4 cm³/mol. The van der Waals surface area contributed by atoms with Gasteiger partial charge in [-0.1, -0.05) is 0 Å². The van der Waals surface area contributed by atoms with Crippen molar-refractivity contribution in [2.45, 2.75) is 6.42 Å². The van der Waals surface area contributed by atoms with Gasteiger partial charge in [-0.25, -0.2) is 0 Å². The Balaban J connectivity index is 1.70. The molecule has 2 rings (SSSR count). The molecule has 1 fully saturated rings. The first-order valence-electron chi connectivity index (χ1n) is 6.34. The normalized spacial score (nSPS) is 17.2. The summed E-state index contributed by atoms with van der Waals surface area (Å²) in [5.74, 6) is 0.688. The third kappa shape index (κ3) is 3.51. The number of hydrogen-bond donors (Lipinski definition) is 2. The Bertz CT molecular complexity index is 397. The number of anilines is 2. The fourth-order valence-corrected chi connectivity index (χ4v) is 2.12. The highest BCUT2D eigenvalue weighted by atomic mass is 16.5. The SMILES string of the molecule is CN1CCN(CCCOc2cc(N)ccc2N)C1. The average Bonchev–Trinajstić information content (AvgIpc) is 2.75. The molecule has 0 atom stereocenters. The second-order valence-electron chi connectivity index (χ2n) is 4.84. The molecule has 1 saturated heterocycles. The Morgan fingerprint density at radius 2 is 2.11 bits per heavy atom. The van der Waals surface area contributed by atoms with Crippen LogP contribution in [-0.4, -0.2) is 49.8 Å². The van der Waals surface area contributed by atoms with Crippen molar-refractivity contribution in [3.05, 3.63) is 18.2 Å². The van der Waals surface area contributed by atoms with Crippen LogP contribution in [0.15, 0.2) is 18.2 Å². The summed E-state index contributed by atoms with van der Waals surface area (Å²) in [7, 11) is 2.14. The maximum Gasteiger partial charge on any atom is 0.144 e. The minimum atomic E-state index is 0.644. The van der Waals surface area contributed by atoms with E-state index < -0.39 is 0 Å². The van der Waals surface area contributed by atoms with Gasteiger partial charge in [-0.05, 0) is 25.6 Å². The van der Waals surface area contributed by atoms with Gasteiger partial charge in [-0.15, -0.1) is 0 Å². The average molecular weight is 250 g/mol. The molecule has 1 aromatic carbocycles. The van der Waals surface area contributed by atoms with E-state index in [1.807, 2.05) is 0 Å². The molecule has 0 amide bonds. The first-order chi connectivity index (χ1) is 8.65. The van der Waals surface area contributed by atoms with Crippen LogP contribution in [0.3, 0.4) is 0 Å². The van der Waals surface area contributed by atoms with Crippen LogP contribution in [0.5, 0.6) is 5.75 Å². The number of nitrogen functional groups attached to an aromatic ring is 2. The van der Waals surface area contributed by atoms with Crippen LogP contribution in [0.25, 0.3) is 0 Å². The van der Waals surface area contributed by atoms with Crippen LogP contribution >= 0.6 is 0 Å². The molecule has 0 radical (unpaired) electrons. The third-order valence-corrected chi connectivity index (χ3v) is 3.15. The van der Waals surface area contributed by atoms with Crippen LogP contribution in [-0.2, 0) is 0 Å². The molecule has 0 aliphatic carbocycles. The summed E-state index contributed by atoms with van der Waals surface area (Å²) in [6.45, 7) is 5.10. The highest BCUT2D eigenvalue weighted by molar-refractivity contribution is 5.59. The Morgan fingerprint density at radius 1 is 1.28 bits per heavy atom. The number of nitrogens with two attached hydrogens (primary N) is 2. The number of ether oxygens (including phenoxy) is 1. The van der Waals surface area contributed by atoms with E-state index in [4.69, 9.17) is 16.2 Å². The summed E-state index contributed by atoms with van der Waals surface area (Å²) < 4.78 is 5.66. The summed E-state index contributed by atoms with van der Waals surface area (Å²) in [6, 6.07) is 5.33. The highest BCUT2D eigenvalue weighted by Crippen LogP contribution is 2.23. The third-order valence-electron chi connectivity index (χ3n) is 3.15. The van der Waals surface area contributed by atoms with Crippen molar-refractivity contribution in [3.8, 4) is 5.75 Å². The lowest BCUT2D eigenvalue weighted by Crippen LogP contribution is -2.25. The predicted octanol–water partition coefficient (Wildman–Crippen LogP) is 0.825. The molecule has 5 heteroatoms. The minimum Gasteiger partial charge on any atom is -0.491 e. The Kier molecular flexibility index (Phi) is 4.28. The first kappa shape index (κ1) is 13.0. The number of hydrogen-bond acceptors (Lipinski definition) is 5. The van der Waals surface area contributed by atoms with Crippen LogP contribution in [0.2, 0.25) is 0 Å². The van der Waals surface area contributed by atoms with E-state index in [0.717, 1.165) is 32.7 Å². The van der Waals surface area contributed by atoms with E-state index in [1.54, 1.807) is 18.2 Å². The van der Waals surface area contributed by atoms with Gasteiger partial charge in [0.1, 0.15) is 5.75 Å². The number of nitrogens with zero attached hydrogens (tertiary/aromatic N) is 2. The molecule has 5 nitrogen and oxygen atoms in total. The molecule has 4 N–H and O–H groups in total. The molecule has 100 valence electrons. The van der Waals surface area contributed by atoms with Crippen molar-refractivity contribution in [1.29, 1.82) is 0 Å². The van der Waals surface area contributed by atoms with E-state index >= 15 is 0 Å². The van der Waals surface area contributed by atoms with Crippen molar-refractivity contribution in [2.75, 3.05) is 51.4 Å². The van der Waals surface area contributed by atoms with E-state index in [-0.39, 0.29) is 0 Å². The molecular weight excluding hydrogens is 228 g/mol. The lowest BCUT2D eigenvalue weighted by atomic mass is 10.2. The molecule has 18 heavy (non-hydrogen) atoms. The maximum absolute atomic E-state index is 5.81. The van der Waals surface area contributed by atoms with Crippen molar-refractivity contribution in [1.82, 2.24) is 9.80 Å². The van der Waals surface area contributed by atoms with E-state index in [1.165, 1.54) is 0 Å². The van der Waals surface area contributed by atoms with Gasteiger partial charge in [0.25, 0.3) is 0 Å². The molecule has 0 spiro atoms. The number of rotatable bonds is 5. The molecule has 1 aliphatic rings. The molecule has 1 heterocycles. The quantitative estimate of drug-likeness (QED) is 0.598. The van der Waals surface area contributed by atoms with Crippen LogP contribution in [0, 0.1) is 0 Å². The zero-order chi connectivity index (χ0) is 13.0. The fourth-order valence-electron chi connectivity index (χ4n) is 2.12. The Morgan fingerprint density at radius 3 is 2.83 bits per heavy atom. The number of benzene rings is 1. The lowest BCUT2D eigenvalue weighted by Gasteiger charge is -2.15. The van der Waals surface area contributed by atoms with Gasteiger partial charge in [0.05, 0.1) is 19.0 Å². The van der Waals surface area contributed by atoms with Gasteiger partial charge < -0.3 is 16.2 Å². The Labute approximate surface area is 108 Å². The van der Waals surface area contributed by atoms with Gasteiger partial charge in [0, 0.05) is 31.4 Å². The molecule has 0 bridgehead atoms. The topological polar surface area (TPSA) is 67.8 Å². The molecule has 1 aromatic rings. The molecule has 0 unspecified atom stereocenters. The summed E-state index contributed by atoms with van der Waals surface area (Å²) >= 11 is 0. The van der Waals surface area contributed by atoms with Crippen molar-refractivity contribution in [2.24, 2.45) is 0 Å². The molecular formula is C13H22N4O. The smallest absolute Gasteiger partial charge is 0.144 e. The second-order valence-corrected chi connectivity index (χ2v) is 4.84. The van der Waals surface area contributed by atoms with Gasteiger partial charge in [0.15, 0.2) is 0 Å². The molecule has 0 saturated carbocycles. The second kappa shape index (κ2) is 5.93. The first-order valence-corrected chi connectivity index (χ1v) is 6.34. The van der Waals surface area contributed by atoms with E-state index in [0.29, 0.717) is 23.7 Å².